The van der Waals surface area contributed by atoms with Gasteiger partial charge in [0.2, 0.25) is 0 Å². The Labute approximate surface area is 80.6 Å². The Hall–Kier alpha value is -2.05. The molecule has 0 bridgehead atoms. The fraction of sp³-hybridized carbons (Fsp3) is 0.286. The topological polar surface area (TPSA) is 122 Å². The third-order valence-electron chi connectivity index (χ3n) is 0.864. The Balaban J connectivity index is 0. The average Bonchev–Trinajstić information content (AvgIpc) is 2.13. The minimum atomic E-state index is -0.833. The van der Waals surface area contributed by atoms with Gasteiger partial charge in [-0.2, -0.15) is 0 Å². The van der Waals surface area contributed by atoms with Crippen molar-refractivity contribution in [2.45, 2.75) is 0 Å². The zero-order chi connectivity index (χ0) is 11.7. The summed E-state index contributed by atoms with van der Waals surface area (Å²) in [7, 11) is 2.33. The minimum absolute atomic E-state index is 0.301. The van der Waals surface area contributed by atoms with Crippen molar-refractivity contribution in [2.75, 3.05) is 14.2 Å². The maximum absolute atomic E-state index is 10.5. The number of nitrogens with two attached hydrogens (primary N) is 2. The number of urea groups is 1. The van der Waals surface area contributed by atoms with Gasteiger partial charge in [0.15, 0.2) is 0 Å². The van der Waals surface area contributed by atoms with Gasteiger partial charge in [0.05, 0.1) is 14.2 Å². The molecule has 0 aliphatic heterocycles. The molecule has 4 N–H and O–H groups in total. The molecule has 0 saturated carbocycles. The molecule has 0 rings (SSSR count). The molecule has 0 aromatic rings. The molecule has 7 heteroatoms. The number of hydrogen-bond donors (Lipinski definition) is 2. The summed E-state index contributed by atoms with van der Waals surface area (Å²) in [6, 6.07) is -0.833. The van der Waals surface area contributed by atoms with Crippen LogP contribution < -0.4 is 11.5 Å². The second kappa shape index (κ2) is 7.59. The Morgan fingerprint density at radius 3 is 1.36 bits per heavy atom. The fourth-order valence-corrected chi connectivity index (χ4v) is 0.330. The third kappa shape index (κ3) is 8.05. The molecular weight excluding hydrogens is 192 g/mol. The molecule has 0 unspecified atom stereocenters. The lowest BCUT2D eigenvalue weighted by Crippen LogP contribution is -2.18. The standard InChI is InChI=1S/C6H8O4.CH4N2O/c1-4(5(7)9-2)6(8)10-3;2-1(3)4/h1H2,2-3H3;(H4,2,3,4). The largest absolute Gasteiger partial charge is 0.465 e. The van der Waals surface area contributed by atoms with Crippen LogP contribution in [0.2, 0.25) is 0 Å². The highest BCUT2D eigenvalue weighted by Crippen LogP contribution is 1.94. The molecule has 2 amide bonds. The van der Waals surface area contributed by atoms with Crippen molar-refractivity contribution >= 4 is 18.0 Å². The number of carbonyl (C=O) groups is 3. The molecular formula is C7H12N2O5. The van der Waals surface area contributed by atoms with E-state index in [1.807, 2.05) is 0 Å². The summed E-state index contributed by atoms with van der Waals surface area (Å²) >= 11 is 0. The van der Waals surface area contributed by atoms with E-state index >= 15 is 0 Å². The summed E-state index contributed by atoms with van der Waals surface area (Å²) in [5.41, 5.74) is 8.20. The van der Waals surface area contributed by atoms with Gasteiger partial charge >= 0.3 is 18.0 Å². The first-order chi connectivity index (χ1) is 6.36. The summed E-state index contributed by atoms with van der Waals surface area (Å²) in [5.74, 6) is -1.54. The summed E-state index contributed by atoms with van der Waals surface area (Å²) in [6.45, 7) is 3.15. The first-order valence-corrected chi connectivity index (χ1v) is 3.27. The van der Waals surface area contributed by atoms with Gasteiger partial charge in [-0.15, -0.1) is 0 Å². The van der Waals surface area contributed by atoms with Crippen molar-refractivity contribution in [1.29, 1.82) is 0 Å². The fourth-order valence-electron chi connectivity index (χ4n) is 0.330. The van der Waals surface area contributed by atoms with Gasteiger partial charge in [-0.1, -0.05) is 6.58 Å². The Morgan fingerprint density at radius 1 is 1.00 bits per heavy atom. The van der Waals surface area contributed by atoms with Crippen molar-refractivity contribution in [1.82, 2.24) is 0 Å². The van der Waals surface area contributed by atoms with Gasteiger partial charge in [-0.05, 0) is 0 Å². The lowest BCUT2D eigenvalue weighted by molar-refractivity contribution is -0.143. The van der Waals surface area contributed by atoms with Crippen LogP contribution in [0, 0.1) is 0 Å². The number of hydrogen-bond acceptors (Lipinski definition) is 5. The van der Waals surface area contributed by atoms with Crippen molar-refractivity contribution in [3.8, 4) is 0 Å². The lowest BCUT2D eigenvalue weighted by Gasteiger charge is -1.98. The normalized spacial score (nSPS) is 7.57. The first kappa shape index (κ1) is 14.5. The number of carbonyl (C=O) groups excluding carboxylic acids is 3. The van der Waals surface area contributed by atoms with Gasteiger partial charge in [-0.25, -0.2) is 14.4 Å². The SMILES string of the molecule is C=C(C(=O)OC)C(=O)OC.NC(N)=O. The maximum atomic E-state index is 10.5. The average molecular weight is 204 g/mol. The van der Waals surface area contributed by atoms with Crippen LogP contribution in [0.15, 0.2) is 12.2 Å². The minimum Gasteiger partial charge on any atom is -0.465 e. The molecule has 0 saturated heterocycles. The van der Waals surface area contributed by atoms with Gasteiger partial charge in [-0.3, -0.25) is 0 Å². The predicted molar refractivity (Wildman–Crippen MR) is 46.9 cm³/mol. The maximum Gasteiger partial charge on any atom is 0.344 e. The van der Waals surface area contributed by atoms with E-state index in [9.17, 15) is 9.59 Å². The van der Waals surface area contributed by atoms with E-state index in [1.165, 1.54) is 0 Å². The van der Waals surface area contributed by atoms with E-state index in [0.717, 1.165) is 14.2 Å². The van der Waals surface area contributed by atoms with Crippen LogP contribution in [0.1, 0.15) is 0 Å². The molecule has 0 atom stereocenters. The second-order valence-corrected chi connectivity index (χ2v) is 1.86. The molecule has 0 heterocycles. The monoisotopic (exact) mass is 204 g/mol. The number of esters is 2. The lowest BCUT2D eigenvalue weighted by atomic mass is 10.3. The summed E-state index contributed by atoms with van der Waals surface area (Å²) < 4.78 is 8.39. The van der Waals surface area contributed by atoms with Crippen LogP contribution in [-0.2, 0) is 19.1 Å². The van der Waals surface area contributed by atoms with E-state index < -0.39 is 18.0 Å². The number of rotatable bonds is 2. The molecule has 0 aliphatic rings. The Bertz CT molecular complexity index is 226. The number of primary amides is 2. The highest BCUT2D eigenvalue weighted by atomic mass is 16.5. The van der Waals surface area contributed by atoms with Crippen molar-refractivity contribution in [3.05, 3.63) is 12.2 Å². The van der Waals surface area contributed by atoms with Crippen molar-refractivity contribution in [3.63, 3.8) is 0 Å². The molecule has 0 aromatic carbocycles. The molecule has 7 nitrogen and oxygen atoms in total. The zero-order valence-corrected chi connectivity index (χ0v) is 7.90. The van der Waals surface area contributed by atoms with E-state index in [1.54, 1.807) is 0 Å². The van der Waals surface area contributed by atoms with Crippen LogP contribution in [0.4, 0.5) is 4.79 Å². The molecule has 0 fully saturated rings. The van der Waals surface area contributed by atoms with Gasteiger partial charge in [0.1, 0.15) is 5.57 Å². The summed E-state index contributed by atoms with van der Waals surface area (Å²) in [5, 5.41) is 0. The molecule has 0 radical (unpaired) electrons. The van der Waals surface area contributed by atoms with E-state index in [-0.39, 0.29) is 5.57 Å². The van der Waals surface area contributed by atoms with Crippen molar-refractivity contribution in [2.24, 2.45) is 11.5 Å². The number of amides is 2. The Kier molecular flexibility index (Phi) is 7.85. The van der Waals surface area contributed by atoms with Gasteiger partial charge in [0, 0.05) is 0 Å². The van der Waals surface area contributed by atoms with E-state index in [2.05, 4.69) is 27.5 Å². The predicted octanol–water partition coefficient (Wildman–Crippen LogP) is -1.09. The molecule has 80 valence electrons. The van der Waals surface area contributed by atoms with Gasteiger partial charge in [0.25, 0.3) is 0 Å². The summed E-state index contributed by atoms with van der Waals surface area (Å²) in [4.78, 5) is 30.0. The second-order valence-electron chi connectivity index (χ2n) is 1.86. The van der Waals surface area contributed by atoms with E-state index in [4.69, 9.17) is 4.79 Å². The Morgan fingerprint density at radius 2 is 1.21 bits per heavy atom. The highest BCUT2D eigenvalue weighted by molar-refractivity contribution is 6.13. The van der Waals surface area contributed by atoms with Gasteiger partial charge < -0.3 is 20.9 Å². The van der Waals surface area contributed by atoms with Crippen LogP contribution in [0.25, 0.3) is 0 Å². The zero-order valence-electron chi connectivity index (χ0n) is 7.90. The van der Waals surface area contributed by atoms with Crippen LogP contribution >= 0.6 is 0 Å². The van der Waals surface area contributed by atoms with E-state index in [0.29, 0.717) is 0 Å². The quantitative estimate of drug-likeness (QED) is 0.256. The molecule has 0 aromatic heterocycles. The molecule has 0 spiro atoms. The smallest absolute Gasteiger partial charge is 0.344 e. The van der Waals surface area contributed by atoms with Crippen LogP contribution in [0.3, 0.4) is 0 Å². The number of ether oxygens (including phenoxy) is 2. The van der Waals surface area contributed by atoms with Crippen molar-refractivity contribution < 1.29 is 23.9 Å². The summed E-state index contributed by atoms with van der Waals surface area (Å²) in [6.07, 6.45) is 0. The molecule has 0 aliphatic carbocycles. The van der Waals surface area contributed by atoms with Crippen LogP contribution in [-0.4, -0.2) is 32.2 Å². The highest BCUT2D eigenvalue weighted by Gasteiger charge is 2.15. The first-order valence-electron chi connectivity index (χ1n) is 3.27. The number of methoxy groups -OCH3 is 2. The molecule has 14 heavy (non-hydrogen) atoms. The van der Waals surface area contributed by atoms with Crippen LogP contribution in [0.5, 0.6) is 0 Å². The third-order valence-corrected chi connectivity index (χ3v) is 0.864.